The molecule has 15 heavy (non-hydrogen) atoms. The molecule has 0 bridgehead atoms. The Labute approximate surface area is 91.2 Å². The van der Waals surface area contributed by atoms with Gasteiger partial charge in [-0.05, 0) is 24.3 Å². The van der Waals surface area contributed by atoms with E-state index in [2.05, 4.69) is 14.8 Å². The summed E-state index contributed by atoms with van der Waals surface area (Å²) in [7, 11) is 3.75. The van der Waals surface area contributed by atoms with Crippen LogP contribution in [0.2, 0.25) is 0 Å². The van der Waals surface area contributed by atoms with Crippen molar-refractivity contribution in [2.75, 3.05) is 20.3 Å². The number of carbonyl (C=O) groups is 1. The SMILES string of the molecule is COCCNC(=O)c1ccc(OP)cc1. The average Bonchev–Trinajstić information content (AvgIpc) is 2.29. The first-order chi connectivity index (χ1) is 7.27. The van der Waals surface area contributed by atoms with Gasteiger partial charge in [0, 0.05) is 19.2 Å². The van der Waals surface area contributed by atoms with Crippen molar-refractivity contribution in [1.29, 1.82) is 0 Å². The van der Waals surface area contributed by atoms with Gasteiger partial charge in [0.25, 0.3) is 5.91 Å². The lowest BCUT2D eigenvalue weighted by atomic mass is 10.2. The minimum absolute atomic E-state index is 0.109. The number of hydrogen-bond donors (Lipinski definition) is 1. The summed E-state index contributed by atoms with van der Waals surface area (Å²) < 4.78 is 9.74. The van der Waals surface area contributed by atoms with E-state index in [1.807, 2.05) is 0 Å². The predicted octanol–water partition coefficient (Wildman–Crippen LogP) is 1.23. The summed E-state index contributed by atoms with van der Waals surface area (Å²) in [6.45, 7) is 1.02. The second-order valence-electron chi connectivity index (χ2n) is 2.89. The third-order valence-corrected chi connectivity index (χ3v) is 2.12. The normalized spacial score (nSPS) is 9.73. The largest absolute Gasteiger partial charge is 0.480 e. The van der Waals surface area contributed by atoms with Crippen molar-refractivity contribution in [3.05, 3.63) is 29.8 Å². The van der Waals surface area contributed by atoms with Crippen LogP contribution in [0, 0.1) is 0 Å². The van der Waals surface area contributed by atoms with Crippen molar-refractivity contribution in [2.24, 2.45) is 0 Å². The first kappa shape index (κ1) is 12.0. The summed E-state index contributed by atoms with van der Waals surface area (Å²) >= 11 is 0. The van der Waals surface area contributed by atoms with E-state index >= 15 is 0 Å². The van der Waals surface area contributed by atoms with Crippen LogP contribution in [0.4, 0.5) is 0 Å². The molecule has 0 saturated heterocycles. The van der Waals surface area contributed by atoms with E-state index in [9.17, 15) is 4.79 Å². The Kier molecular flexibility index (Phi) is 5.08. The maximum atomic E-state index is 11.5. The Morgan fingerprint density at radius 1 is 1.40 bits per heavy atom. The van der Waals surface area contributed by atoms with E-state index in [4.69, 9.17) is 9.26 Å². The van der Waals surface area contributed by atoms with Gasteiger partial charge in [-0.3, -0.25) is 4.79 Å². The molecular formula is C10H14NO3P. The molecule has 5 heteroatoms. The zero-order valence-electron chi connectivity index (χ0n) is 8.53. The highest BCUT2D eigenvalue weighted by atomic mass is 31.0. The molecule has 0 fully saturated rings. The Bertz CT molecular complexity index is 313. The topological polar surface area (TPSA) is 47.6 Å². The van der Waals surface area contributed by atoms with E-state index in [-0.39, 0.29) is 5.91 Å². The van der Waals surface area contributed by atoms with Gasteiger partial charge in [-0.25, -0.2) is 0 Å². The molecule has 0 spiro atoms. The Morgan fingerprint density at radius 3 is 2.60 bits per heavy atom. The number of carbonyl (C=O) groups excluding carboxylic acids is 1. The van der Waals surface area contributed by atoms with Crippen molar-refractivity contribution in [3.63, 3.8) is 0 Å². The van der Waals surface area contributed by atoms with Crippen LogP contribution in [0.25, 0.3) is 0 Å². The molecule has 0 aliphatic heterocycles. The molecule has 1 amide bonds. The lowest BCUT2D eigenvalue weighted by Crippen LogP contribution is -2.26. The van der Waals surface area contributed by atoms with Crippen LogP contribution in [0.3, 0.4) is 0 Å². The number of rotatable bonds is 5. The van der Waals surface area contributed by atoms with Crippen LogP contribution >= 0.6 is 9.47 Å². The molecule has 0 heterocycles. The van der Waals surface area contributed by atoms with E-state index in [0.29, 0.717) is 24.5 Å². The van der Waals surface area contributed by atoms with Gasteiger partial charge in [-0.15, -0.1) is 0 Å². The smallest absolute Gasteiger partial charge is 0.251 e. The number of nitrogens with one attached hydrogen (secondary N) is 1. The fraction of sp³-hybridized carbons (Fsp3) is 0.300. The third kappa shape index (κ3) is 3.86. The summed E-state index contributed by atoms with van der Waals surface area (Å²) in [4.78, 5) is 11.5. The Balaban J connectivity index is 2.50. The van der Waals surface area contributed by atoms with Gasteiger partial charge in [0.2, 0.25) is 0 Å². The van der Waals surface area contributed by atoms with Gasteiger partial charge in [-0.1, -0.05) is 0 Å². The van der Waals surface area contributed by atoms with E-state index < -0.39 is 0 Å². The van der Waals surface area contributed by atoms with Gasteiger partial charge in [0.1, 0.15) is 5.75 Å². The molecular weight excluding hydrogens is 213 g/mol. The fourth-order valence-electron chi connectivity index (χ4n) is 1.05. The maximum Gasteiger partial charge on any atom is 0.251 e. The molecule has 0 aliphatic carbocycles. The number of methoxy groups -OCH3 is 1. The van der Waals surface area contributed by atoms with Crippen molar-refractivity contribution >= 4 is 15.4 Å². The summed E-state index contributed by atoms with van der Waals surface area (Å²) in [5.74, 6) is 0.593. The molecule has 1 atom stereocenters. The molecule has 1 N–H and O–H groups in total. The molecule has 1 aromatic rings. The lowest BCUT2D eigenvalue weighted by Gasteiger charge is -2.05. The van der Waals surface area contributed by atoms with Gasteiger partial charge in [-0.2, -0.15) is 0 Å². The molecule has 82 valence electrons. The lowest BCUT2D eigenvalue weighted by molar-refractivity contribution is 0.0937. The molecule has 0 aromatic heterocycles. The predicted molar refractivity (Wildman–Crippen MR) is 61.0 cm³/mol. The van der Waals surface area contributed by atoms with Gasteiger partial charge in [0.15, 0.2) is 0 Å². The van der Waals surface area contributed by atoms with Crippen LogP contribution in [-0.4, -0.2) is 26.2 Å². The van der Waals surface area contributed by atoms with Crippen molar-refractivity contribution in [1.82, 2.24) is 5.32 Å². The highest BCUT2D eigenvalue weighted by Crippen LogP contribution is 2.13. The molecule has 1 unspecified atom stereocenters. The number of ether oxygens (including phenoxy) is 1. The molecule has 4 nitrogen and oxygen atoms in total. The highest BCUT2D eigenvalue weighted by Gasteiger charge is 2.03. The minimum atomic E-state index is -0.109. The number of amides is 1. The molecule has 0 radical (unpaired) electrons. The molecule has 1 aromatic carbocycles. The quantitative estimate of drug-likeness (QED) is 0.608. The maximum absolute atomic E-state index is 11.5. The van der Waals surface area contributed by atoms with Gasteiger partial charge < -0.3 is 14.6 Å². The first-order valence-corrected chi connectivity index (χ1v) is 4.99. The molecule has 0 aliphatic rings. The van der Waals surface area contributed by atoms with Gasteiger partial charge in [0.05, 0.1) is 16.1 Å². The highest BCUT2D eigenvalue weighted by molar-refractivity contribution is 7.10. The van der Waals surface area contributed by atoms with E-state index in [0.717, 1.165) is 0 Å². The zero-order valence-corrected chi connectivity index (χ0v) is 9.68. The minimum Gasteiger partial charge on any atom is -0.480 e. The average molecular weight is 227 g/mol. The summed E-state index contributed by atoms with van der Waals surface area (Å²) in [5.41, 5.74) is 0.608. The second-order valence-corrected chi connectivity index (χ2v) is 3.13. The molecule has 1 rings (SSSR count). The number of hydrogen-bond acceptors (Lipinski definition) is 3. The Hall–Kier alpha value is -1.12. The van der Waals surface area contributed by atoms with E-state index in [1.54, 1.807) is 31.4 Å². The van der Waals surface area contributed by atoms with E-state index in [1.165, 1.54) is 0 Å². The summed E-state index contributed by atoms with van der Waals surface area (Å²) in [6.07, 6.45) is 0. The van der Waals surface area contributed by atoms with Gasteiger partial charge >= 0.3 is 0 Å². The van der Waals surface area contributed by atoms with Crippen LogP contribution in [0.1, 0.15) is 10.4 Å². The third-order valence-electron chi connectivity index (χ3n) is 1.84. The van der Waals surface area contributed by atoms with Crippen LogP contribution in [-0.2, 0) is 4.74 Å². The van der Waals surface area contributed by atoms with Crippen LogP contribution in [0.15, 0.2) is 24.3 Å². The standard InChI is InChI=1S/C10H14NO3P/c1-13-7-6-11-10(12)8-2-4-9(14-15)5-3-8/h2-5H,6-7,15H2,1H3,(H,11,12). The van der Waals surface area contributed by atoms with Crippen molar-refractivity contribution in [2.45, 2.75) is 0 Å². The first-order valence-electron chi connectivity index (χ1n) is 4.52. The zero-order chi connectivity index (χ0) is 11.1. The second kappa shape index (κ2) is 6.38. The summed E-state index contributed by atoms with van der Waals surface area (Å²) in [6, 6.07) is 6.89. The Morgan fingerprint density at radius 2 is 2.07 bits per heavy atom. The molecule has 0 saturated carbocycles. The number of benzene rings is 1. The van der Waals surface area contributed by atoms with Crippen molar-refractivity contribution in [3.8, 4) is 5.75 Å². The monoisotopic (exact) mass is 227 g/mol. The van der Waals surface area contributed by atoms with Crippen molar-refractivity contribution < 1.29 is 14.1 Å². The fourth-order valence-corrected chi connectivity index (χ4v) is 1.21. The summed E-state index contributed by atoms with van der Waals surface area (Å²) in [5, 5.41) is 2.73. The van der Waals surface area contributed by atoms with Crippen LogP contribution in [0.5, 0.6) is 5.75 Å². The van der Waals surface area contributed by atoms with Crippen LogP contribution < -0.4 is 9.84 Å².